The van der Waals surface area contributed by atoms with Crippen molar-refractivity contribution in [2.24, 2.45) is 11.8 Å². The minimum atomic E-state index is -3.12. The van der Waals surface area contributed by atoms with Gasteiger partial charge in [0.1, 0.15) is 0 Å². The van der Waals surface area contributed by atoms with Crippen LogP contribution in [0.15, 0.2) is 96.1 Å². The zero-order valence-corrected chi connectivity index (χ0v) is 35.1. The molecule has 0 radical (unpaired) electrons. The van der Waals surface area contributed by atoms with Crippen LogP contribution in [-0.2, 0) is 32.8 Å². The quantitative estimate of drug-likeness (QED) is 0.161. The van der Waals surface area contributed by atoms with Gasteiger partial charge in [-0.15, -0.1) is 0 Å². The zero-order chi connectivity index (χ0) is 32.2. The Labute approximate surface area is 318 Å². The number of aryl methyl sites for hydroxylation is 2. The van der Waals surface area contributed by atoms with Gasteiger partial charge in [-0.3, -0.25) is 0 Å². The van der Waals surface area contributed by atoms with Crippen molar-refractivity contribution in [2.75, 3.05) is 0 Å². The summed E-state index contributed by atoms with van der Waals surface area (Å²) in [6, 6.07) is 33.9. The Morgan fingerprint density at radius 1 is 0.500 bits per heavy atom. The van der Waals surface area contributed by atoms with Gasteiger partial charge in [-0.05, 0) is 0 Å². The van der Waals surface area contributed by atoms with Gasteiger partial charge in [0.15, 0.2) is 0 Å². The molecule has 0 spiro atoms. The Kier molecular flexibility index (Phi) is 10.9. The summed E-state index contributed by atoms with van der Waals surface area (Å²) >= 11 is -3.12. The maximum atomic E-state index is 2.79. The molecule has 4 aromatic rings. The molecule has 4 aliphatic carbocycles. The van der Waals surface area contributed by atoms with Gasteiger partial charge in [-0.25, -0.2) is 0 Å². The molecule has 0 N–H and O–H groups in total. The standard InChI is InChI=1S/2C22H23.C3H6.2ClH.Hf/c2*1-2-16-10-12-18(13-11-16)21-9-5-8-19-14-20(15-22(19)21)17-6-3-4-7-17;1-3-2;;;/h2*5,8-15,17H,2-4,6-7H2,1H3;1-3H2;2*1H;/q;;;;;+2/p-2. The topological polar surface area (TPSA) is 0 Å². The summed E-state index contributed by atoms with van der Waals surface area (Å²) in [7, 11) is 0. The second-order valence-corrected chi connectivity index (χ2v) is 32.5. The van der Waals surface area contributed by atoms with Crippen LogP contribution in [0.3, 0.4) is 0 Å². The number of hydrogen-bond acceptors (Lipinski definition) is 0. The van der Waals surface area contributed by atoms with E-state index in [9.17, 15) is 0 Å². The molecule has 1 heterocycles. The molecule has 0 aromatic heterocycles. The fraction of sp³-hybridized carbons (Fsp3) is 0.404. The van der Waals surface area contributed by atoms with Crippen LogP contribution in [0.1, 0.15) is 112 Å². The van der Waals surface area contributed by atoms with Gasteiger partial charge in [0.05, 0.1) is 0 Å². The zero-order valence-electron chi connectivity index (χ0n) is 30.0. The van der Waals surface area contributed by atoms with E-state index in [2.05, 4.69) is 111 Å². The summed E-state index contributed by atoms with van der Waals surface area (Å²) in [6.45, 7) is 4.53. The maximum absolute atomic E-state index is 3.12. The first-order valence-corrected chi connectivity index (χ1v) is 28.8. The second kappa shape index (κ2) is 15.0. The van der Waals surface area contributed by atoms with Crippen LogP contribution in [0.25, 0.3) is 34.4 Å². The average Bonchev–Trinajstić information content (AvgIpc) is 3.95. The summed E-state index contributed by atoms with van der Waals surface area (Å²) in [5.74, 6) is 1.58. The van der Waals surface area contributed by atoms with E-state index in [1.165, 1.54) is 91.2 Å². The second-order valence-electron chi connectivity index (χ2n) is 15.9. The third kappa shape index (κ3) is 6.00. The first-order chi connectivity index (χ1) is 23.7. The fourth-order valence-electron chi connectivity index (χ4n) is 11.0. The monoisotopic (exact) mass is 866 g/mol. The van der Waals surface area contributed by atoms with E-state index in [1.807, 2.05) is 11.1 Å². The average molecular weight is 866 g/mol. The van der Waals surface area contributed by atoms with Crippen LogP contribution in [0.2, 0.25) is 8.35 Å². The van der Waals surface area contributed by atoms with Crippen LogP contribution < -0.4 is 24.8 Å². The number of halogens is 2. The number of rotatable bonds is 8. The molecular weight excluding hydrogens is 814 g/mol. The largest absolute Gasteiger partial charge is 1.00 e. The van der Waals surface area contributed by atoms with Crippen LogP contribution in [-0.4, -0.2) is 0 Å². The molecule has 3 heteroatoms. The number of allylic oxidation sites excluding steroid dienone is 2. The van der Waals surface area contributed by atoms with Gasteiger partial charge >= 0.3 is 296 Å². The van der Waals surface area contributed by atoms with E-state index < -0.39 is 20.0 Å². The molecule has 0 nitrogen and oxygen atoms in total. The van der Waals surface area contributed by atoms with Gasteiger partial charge in [0.2, 0.25) is 0 Å². The molecular formula is C47H52Cl2Hf. The van der Waals surface area contributed by atoms with E-state index >= 15 is 0 Å². The van der Waals surface area contributed by atoms with E-state index in [-0.39, 0.29) is 24.8 Å². The van der Waals surface area contributed by atoms with Gasteiger partial charge in [-0.1, -0.05) is 0 Å². The Balaban J connectivity index is 0.00000196. The van der Waals surface area contributed by atoms with Gasteiger partial charge < -0.3 is 24.8 Å². The van der Waals surface area contributed by atoms with Gasteiger partial charge in [0, 0.05) is 0 Å². The molecule has 4 aromatic carbocycles. The van der Waals surface area contributed by atoms with Crippen molar-refractivity contribution in [3.05, 3.63) is 129 Å². The molecule has 9 rings (SSSR count). The van der Waals surface area contributed by atoms with Crippen LogP contribution >= 0.6 is 0 Å². The molecule has 0 amide bonds. The first kappa shape index (κ1) is 36.2. The Morgan fingerprint density at radius 2 is 0.900 bits per heavy atom. The number of fused-ring (bicyclic) bond motifs is 2. The van der Waals surface area contributed by atoms with Crippen molar-refractivity contribution < 1.29 is 44.8 Å². The SMILES string of the molecule is CCc1ccc(-c2cccc3c2C=C(C2CCCC2)[CH]3[Hf+2]2([CH]3C(C4CCCC4)=Cc4c(-c5ccc(CC)cc5)cccc43)[CH2]C[CH2]2)cc1.[Cl-].[Cl-]. The summed E-state index contributed by atoms with van der Waals surface area (Å²) < 4.78 is 4.63. The van der Waals surface area contributed by atoms with Crippen molar-refractivity contribution in [2.45, 2.75) is 100 Å². The maximum Gasteiger partial charge on any atom is -1.00 e. The van der Waals surface area contributed by atoms with E-state index in [0.717, 1.165) is 32.0 Å². The third-order valence-corrected chi connectivity index (χ3v) is 35.7. The van der Waals surface area contributed by atoms with E-state index in [1.54, 1.807) is 30.6 Å². The molecule has 0 bridgehead atoms. The molecule has 50 heavy (non-hydrogen) atoms. The van der Waals surface area contributed by atoms with Crippen molar-refractivity contribution >= 4 is 12.2 Å². The summed E-state index contributed by atoms with van der Waals surface area (Å²) in [4.78, 5) is 0. The minimum absolute atomic E-state index is 0. The first-order valence-electron chi connectivity index (χ1n) is 19.6. The van der Waals surface area contributed by atoms with E-state index in [4.69, 9.17) is 0 Å². The van der Waals surface area contributed by atoms with Crippen molar-refractivity contribution in [1.82, 2.24) is 0 Å². The third-order valence-electron chi connectivity index (χ3n) is 13.6. The number of benzene rings is 4. The van der Waals surface area contributed by atoms with Crippen molar-refractivity contribution in [1.29, 1.82) is 0 Å². The number of hydrogen-bond donors (Lipinski definition) is 0. The van der Waals surface area contributed by atoms with Gasteiger partial charge in [-0.2, -0.15) is 0 Å². The molecule has 3 fully saturated rings. The van der Waals surface area contributed by atoms with Crippen LogP contribution in [0.4, 0.5) is 0 Å². The molecule has 1 saturated heterocycles. The molecule has 1 aliphatic heterocycles. The molecule has 2 saturated carbocycles. The predicted octanol–water partition coefficient (Wildman–Crippen LogP) is 7.50. The van der Waals surface area contributed by atoms with Crippen LogP contribution in [0, 0.1) is 11.8 Å². The smallest absolute Gasteiger partial charge is 1.00 e. The predicted molar refractivity (Wildman–Crippen MR) is 202 cm³/mol. The summed E-state index contributed by atoms with van der Waals surface area (Å²) in [6.07, 6.45) is 20.5. The summed E-state index contributed by atoms with van der Waals surface area (Å²) in [5.41, 5.74) is 19.1. The molecule has 2 unspecified atom stereocenters. The van der Waals surface area contributed by atoms with E-state index in [0.29, 0.717) is 0 Å². The van der Waals surface area contributed by atoms with Crippen molar-refractivity contribution in [3.8, 4) is 22.3 Å². The molecule has 5 aliphatic rings. The summed E-state index contributed by atoms with van der Waals surface area (Å²) in [5, 5.41) is 0. The fourth-order valence-corrected chi connectivity index (χ4v) is 33.9. The van der Waals surface area contributed by atoms with Crippen LogP contribution in [0.5, 0.6) is 0 Å². The normalized spacial score (nSPS) is 21.6. The van der Waals surface area contributed by atoms with Gasteiger partial charge in [0.25, 0.3) is 0 Å². The minimum Gasteiger partial charge on any atom is -1.00 e. The van der Waals surface area contributed by atoms with Crippen molar-refractivity contribution in [3.63, 3.8) is 0 Å². The Morgan fingerprint density at radius 3 is 1.24 bits per heavy atom. The molecule has 258 valence electrons. The molecule has 2 atom stereocenters. The Hall–Kier alpha value is -2.19. The Bertz CT molecular complexity index is 1750.